The van der Waals surface area contributed by atoms with Gasteiger partial charge in [-0.2, -0.15) is 5.10 Å². The van der Waals surface area contributed by atoms with Crippen molar-refractivity contribution in [2.45, 2.75) is 25.0 Å². The third-order valence-electron chi connectivity index (χ3n) is 5.42. The van der Waals surface area contributed by atoms with Gasteiger partial charge in [-0.1, -0.05) is 5.92 Å². The molecule has 0 aliphatic carbocycles. The maximum atomic E-state index is 12.9. The molecule has 2 bridgehead atoms. The number of aromatic nitrogens is 2. The fraction of sp³-hybridized carbons (Fsp3) is 0.412. The van der Waals surface area contributed by atoms with Gasteiger partial charge in [0, 0.05) is 24.0 Å². The quantitative estimate of drug-likeness (QED) is 0.639. The Morgan fingerprint density at radius 1 is 1.36 bits per heavy atom. The van der Waals surface area contributed by atoms with Crippen LogP contribution in [0.4, 0.5) is 0 Å². The van der Waals surface area contributed by atoms with E-state index in [0.29, 0.717) is 23.8 Å². The molecule has 5 heteroatoms. The Labute approximate surface area is 128 Å². The van der Waals surface area contributed by atoms with Crippen molar-refractivity contribution in [2.75, 3.05) is 13.1 Å². The molecule has 1 N–H and O–H groups in total. The lowest BCUT2D eigenvalue weighted by Gasteiger charge is -2.35. The fourth-order valence-corrected chi connectivity index (χ4v) is 4.27. The standard InChI is InChI=1S/C17H16N4O/c1-2-10-3-4-13-12(9-10)14(19-18-13)17(22)21-15-11-5-7-20(8-6-11)16(15)21/h1,3-4,9,11,15-16H,5-8H2,(H,18,19)/t15-,16?,21?/m1/s1. The number of piperidine rings is 3. The minimum atomic E-state index is 0.0363. The van der Waals surface area contributed by atoms with Crippen molar-refractivity contribution >= 4 is 16.8 Å². The monoisotopic (exact) mass is 292 g/mol. The van der Waals surface area contributed by atoms with Crippen LogP contribution in [0.5, 0.6) is 0 Å². The summed E-state index contributed by atoms with van der Waals surface area (Å²) in [5.74, 6) is 3.33. The van der Waals surface area contributed by atoms with Crippen LogP contribution in [-0.4, -0.2) is 51.2 Å². The van der Waals surface area contributed by atoms with E-state index < -0.39 is 0 Å². The van der Waals surface area contributed by atoms with Gasteiger partial charge in [-0.25, -0.2) is 0 Å². The number of terminal acetylenes is 1. The molecule has 110 valence electrons. The highest BCUT2D eigenvalue weighted by Gasteiger charge is 2.62. The lowest BCUT2D eigenvalue weighted by Crippen LogP contribution is -2.44. The molecule has 22 heavy (non-hydrogen) atoms. The van der Waals surface area contributed by atoms with Crippen molar-refractivity contribution < 1.29 is 4.79 Å². The Balaban J connectivity index is 1.53. The summed E-state index contributed by atoms with van der Waals surface area (Å²) in [4.78, 5) is 17.4. The van der Waals surface area contributed by atoms with Gasteiger partial charge < -0.3 is 4.90 Å². The van der Waals surface area contributed by atoms with Gasteiger partial charge in [0.1, 0.15) is 6.17 Å². The van der Waals surface area contributed by atoms with Gasteiger partial charge in [0.25, 0.3) is 5.91 Å². The molecule has 2 aromatic rings. The van der Waals surface area contributed by atoms with Crippen LogP contribution in [0, 0.1) is 18.3 Å². The first-order chi connectivity index (χ1) is 10.8. The van der Waals surface area contributed by atoms with Gasteiger partial charge in [0.2, 0.25) is 0 Å². The summed E-state index contributed by atoms with van der Waals surface area (Å²) < 4.78 is 0. The van der Waals surface area contributed by atoms with Gasteiger partial charge in [-0.3, -0.25) is 14.8 Å². The lowest BCUT2D eigenvalue weighted by molar-refractivity contribution is 0.0829. The van der Waals surface area contributed by atoms with E-state index in [0.717, 1.165) is 29.6 Å². The summed E-state index contributed by atoms with van der Waals surface area (Å²) in [6.45, 7) is 2.25. The Hall–Kier alpha value is -2.32. The third-order valence-corrected chi connectivity index (χ3v) is 5.42. The number of nitrogens with zero attached hydrogens (tertiary/aromatic N) is 3. The summed E-state index contributed by atoms with van der Waals surface area (Å²) in [7, 11) is 0. The van der Waals surface area contributed by atoms with Crippen LogP contribution in [0.1, 0.15) is 28.9 Å². The largest absolute Gasteiger partial charge is 0.313 e. The molecule has 1 unspecified atom stereocenters. The number of carbonyl (C=O) groups is 1. The van der Waals surface area contributed by atoms with Gasteiger partial charge in [0.15, 0.2) is 5.69 Å². The molecule has 5 heterocycles. The first-order valence-corrected chi connectivity index (χ1v) is 7.79. The number of hydrogen-bond donors (Lipinski definition) is 1. The smallest absolute Gasteiger partial charge is 0.276 e. The second-order valence-corrected chi connectivity index (χ2v) is 6.47. The summed E-state index contributed by atoms with van der Waals surface area (Å²) in [5, 5.41) is 8.03. The molecule has 4 fully saturated rings. The van der Waals surface area contributed by atoms with Crippen molar-refractivity contribution in [3.05, 3.63) is 29.5 Å². The van der Waals surface area contributed by atoms with E-state index in [1.165, 1.54) is 12.8 Å². The van der Waals surface area contributed by atoms with E-state index in [2.05, 4.69) is 21.0 Å². The molecule has 0 spiro atoms. The molecule has 0 radical (unpaired) electrons. The van der Waals surface area contributed by atoms with E-state index in [1.54, 1.807) is 0 Å². The highest BCUT2D eigenvalue weighted by molar-refractivity contribution is 6.06. The molecule has 1 aromatic carbocycles. The van der Waals surface area contributed by atoms with Crippen molar-refractivity contribution in [1.82, 2.24) is 20.0 Å². The predicted molar refractivity (Wildman–Crippen MR) is 82.1 cm³/mol. The summed E-state index contributed by atoms with van der Waals surface area (Å²) in [6.07, 6.45) is 8.20. The Kier molecular flexibility index (Phi) is 2.29. The van der Waals surface area contributed by atoms with E-state index in [1.807, 2.05) is 23.1 Å². The topological polar surface area (TPSA) is 52.0 Å². The Morgan fingerprint density at radius 2 is 2.18 bits per heavy atom. The second kappa shape index (κ2) is 4.11. The molecule has 0 saturated carbocycles. The van der Waals surface area contributed by atoms with Gasteiger partial charge >= 0.3 is 0 Å². The van der Waals surface area contributed by atoms with Gasteiger partial charge in [0.05, 0.1) is 11.6 Å². The first kappa shape index (κ1) is 12.2. The van der Waals surface area contributed by atoms with E-state index in [4.69, 9.17) is 6.42 Å². The molecular formula is C17H16N4O. The van der Waals surface area contributed by atoms with Crippen LogP contribution in [0.2, 0.25) is 0 Å². The predicted octanol–water partition coefficient (Wildman–Crippen LogP) is 1.42. The van der Waals surface area contributed by atoms with E-state index in [-0.39, 0.29) is 5.91 Å². The van der Waals surface area contributed by atoms with Crippen molar-refractivity contribution in [3.63, 3.8) is 0 Å². The normalized spacial score (nSPS) is 31.9. The van der Waals surface area contributed by atoms with Crippen LogP contribution in [0.15, 0.2) is 18.2 Å². The zero-order chi connectivity index (χ0) is 14.8. The molecule has 1 amide bonds. The average Bonchev–Trinajstić information content (AvgIpc) is 3.23. The van der Waals surface area contributed by atoms with Crippen molar-refractivity contribution in [1.29, 1.82) is 0 Å². The number of carbonyl (C=O) groups excluding carboxylic acids is 1. The van der Waals surface area contributed by atoms with Crippen LogP contribution >= 0.6 is 0 Å². The minimum Gasteiger partial charge on any atom is -0.313 e. The SMILES string of the molecule is C#Cc1ccc2[nH]nc(C(=O)N3C4[C@H]3C3CCN4CC3)c2c1. The molecule has 4 aliphatic rings. The Bertz CT molecular complexity index is 807. The number of rotatable bonds is 1. The highest BCUT2D eigenvalue weighted by Crippen LogP contribution is 2.48. The lowest BCUT2D eigenvalue weighted by atomic mass is 9.88. The maximum Gasteiger partial charge on any atom is 0.276 e. The van der Waals surface area contributed by atoms with Crippen LogP contribution in [-0.2, 0) is 0 Å². The van der Waals surface area contributed by atoms with Crippen LogP contribution in [0.25, 0.3) is 10.9 Å². The number of hydrogen-bond acceptors (Lipinski definition) is 3. The molecule has 4 aliphatic heterocycles. The number of fused-ring (bicyclic) bond motifs is 3. The summed E-state index contributed by atoms with van der Waals surface area (Å²) in [5.41, 5.74) is 2.13. The zero-order valence-corrected chi connectivity index (χ0v) is 12.1. The maximum absolute atomic E-state index is 12.9. The number of benzene rings is 1. The van der Waals surface area contributed by atoms with Gasteiger partial charge in [-0.15, -0.1) is 6.42 Å². The van der Waals surface area contributed by atoms with Crippen LogP contribution in [0.3, 0.4) is 0 Å². The average molecular weight is 292 g/mol. The molecule has 4 saturated heterocycles. The second-order valence-electron chi connectivity index (χ2n) is 6.47. The zero-order valence-electron chi connectivity index (χ0n) is 12.1. The Morgan fingerprint density at radius 3 is 2.86 bits per heavy atom. The number of amides is 1. The summed E-state index contributed by atoms with van der Waals surface area (Å²) >= 11 is 0. The molecule has 1 aromatic heterocycles. The summed E-state index contributed by atoms with van der Waals surface area (Å²) in [6, 6.07) is 6.01. The van der Waals surface area contributed by atoms with Gasteiger partial charge in [-0.05, 0) is 37.0 Å². The van der Waals surface area contributed by atoms with Crippen molar-refractivity contribution in [2.24, 2.45) is 5.92 Å². The van der Waals surface area contributed by atoms with E-state index >= 15 is 0 Å². The number of nitrogens with one attached hydrogen (secondary N) is 1. The van der Waals surface area contributed by atoms with Crippen molar-refractivity contribution in [3.8, 4) is 12.3 Å². The fourth-order valence-electron chi connectivity index (χ4n) is 4.27. The molecule has 5 nitrogen and oxygen atoms in total. The third kappa shape index (κ3) is 1.48. The molecule has 6 rings (SSSR count). The van der Waals surface area contributed by atoms with E-state index in [9.17, 15) is 4.79 Å². The molecular weight excluding hydrogens is 276 g/mol. The number of aromatic amines is 1. The number of H-pyrrole nitrogens is 1. The molecule has 2 atom stereocenters. The first-order valence-electron chi connectivity index (χ1n) is 7.79. The minimum absolute atomic E-state index is 0.0363. The highest BCUT2D eigenvalue weighted by atomic mass is 16.2. The van der Waals surface area contributed by atoms with Crippen LogP contribution < -0.4 is 0 Å².